The number of ether oxygens (including phenoxy) is 3. The van der Waals surface area contributed by atoms with Crippen LogP contribution in [0.2, 0.25) is 0 Å². The zero-order chi connectivity index (χ0) is 23.3. The topological polar surface area (TPSA) is 99.2 Å². The van der Waals surface area contributed by atoms with Gasteiger partial charge in [0.25, 0.3) is 0 Å². The third-order valence-electron chi connectivity index (χ3n) is 5.37. The van der Waals surface area contributed by atoms with Gasteiger partial charge in [0.15, 0.2) is 6.10 Å². The first-order valence-corrected chi connectivity index (χ1v) is 11.8. The van der Waals surface area contributed by atoms with E-state index in [0.717, 1.165) is 19.3 Å². The van der Waals surface area contributed by atoms with Crippen molar-refractivity contribution in [3.05, 3.63) is 53.6 Å². The summed E-state index contributed by atoms with van der Waals surface area (Å²) in [5.41, 5.74) is 0.417. The summed E-state index contributed by atoms with van der Waals surface area (Å²) in [5, 5.41) is 0. The quantitative estimate of drug-likeness (QED) is 0.439. The van der Waals surface area contributed by atoms with Gasteiger partial charge in [-0.3, -0.25) is 4.79 Å². The highest BCUT2D eigenvalue weighted by molar-refractivity contribution is 7.89. The van der Waals surface area contributed by atoms with Gasteiger partial charge in [-0.1, -0.05) is 6.42 Å². The van der Waals surface area contributed by atoms with Gasteiger partial charge >= 0.3 is 5.97 Å². The van der Waals surface area contributed by atoms with E-state index in [1.807, 2.05) is 0 Å². The molecule has 1 aliphatic rings. The standard InChI is InChI=1S/C23H27NO7S/c1-16(22(25)20-12-9-18(29-2)15-21(20)30-3)31-23(26)17-7-10-19(11-8-17)32(27,28)24-13-5-4-6-14-24/h7-12,15-16H,4-6,13-14H2,1-3H3/t16-/m0/s1. The van der Waals surface area contributed by atoms with Gasteiger partial charge in [-0.25, -0.2) is 13.2 Å². The van der Waals surface area contributed by atoms with Gasteiger partial charge in [0.2, 0.25) is 15.8 Å². The number of nitrogens with zero attached hydrogens (tertiary/aromatic N) is 1. The van der Waals surface area contributed by atoms with Crippen molar-refractivity contribution >= 4 is 21.8 Å². The maximum Gasteiger partial charge on any atom is 0.338 e. The van der Waals surface area contributed by atoms with Crippen LogP contribution in [0, 0.1) is 0 Å². The van der Waals surface area contributed by atoms with Crippen LogP contribution in [0.5, 0.6) is 11.5 Å². The molecule has 8 nitrogen and oxygen atoms in total. The Labute approximate surface area is 188 Å². The van der Waals surface area contributed by atoms with E-state index in [1.165, 1.54) is 49.7 Å². The monoisotopic (exact) mass is 461 g/mol. The molecule has 1 saturated heterocycles. The van der Waals surface area contributed by atoms with E-state index in [-0.39, 0.29) is 16.0 Å². The van der Waals surface area contributed by atoms with E-state index in [4.69, 9.17) is 14.2 Å². The molecule has 1 aliphatic heterocycles. The van der Waals surface area contributed by atoms with E-state index in [2.05, 4.69) is 0 Å². The molecule has 1 fully saturated rings. The lowest BCUT2D eigenvalue weighted by molar-refractivity contribution is 0.0317. The lowest BCUT2D eigenvalue weighted by atomic mass is 10.1. The van der Waals surface area contributed by atoms with Crippen LogP contribution in [0.25, 0.3) is 0 Å². The number of ketones is 1. The molecule has 0 N–H and O–H groups in total. The molecule has 0 aliphatic carbocycles. The predicted molar refractivity (Wildman–Crippen MR) is 118 cm³/mol. The average Bonchev–Trinajstić information content (AvgIpc) is 2.83. The Kier molecular flexibility index (Phi) is 7.52. The zero-order valence-corrected chi connectivity index (χ0v) is 19.2. The molecule has 2 aromatic rings. The van der Waals surface area contributed by atoms with Crippen LogP contribution < -0.4 is 9.47 Å². The number of benzene rings is 2. The fraction of sp³-hybridized carbons (Fsp3) is 0.391. The Balaban J connectivity index is 1.70. The van der Waals surface area contributed by atoms with Crippen molar-refractivity contribution in [2.45, 2.75) is 37.2 Å². The van der Waals surface area contributed by atoms with E-state index < -0.39 is 27.9 Å². The molecule has 1 atom stereocenters. The first-order chi connectivity index (χ1) is 15.3. The summed E-state index contributed by atoms with van der Waals surface area (Å²) in [5.74, 6) is -0.311. The molecule has 2 aromatic carbocycles. The normalized spacial score (nSPS) is 15.6. The number of Topliss-reactive ketones (excluding diaryl/α,β-unsaturated/α-hetero) is 1. The maximum atomic E-state index is 12.8. The average molecular weight is 462 g/mol. The van der Waals surface area contributed by atoms with E-state index in [0.29, 0.717) is 24.6 Å². The lowest BCUT2D eigenvalue weighted by Gasteiger charge is -2.25. The zero-order valence-electron chi connectivity index (χ0n) is 18.4. The molecule has 0 spiro atoms. The molecule has 0 amide bonds. The number of sulfonamides is 1. The van der Waals surface area contributed by atoms with Crippen LogP contribution >= 0.6 is 0 Å². The summed E-state index contributed by atoms with van der Waals surface area (Å²) in [6.07, 6.45) is 1.64. The van der Waals surface area contributed by atoms with Crippen molar-refractivity contribution in [2.75, 3.05) is 27.3 Å². The minimum absolute atomic E-state index is 0.128. The molecule has 172 valence electrons. The molecule has 0 aromatic heterocycles. The van der Waals surface area contributed by atoms with Crippen molar-refractivity contribution in [1.29, 1.82) is 0 Å². The minimum Gasteiger partial charge on any atom is -0.497 e. The number of esters is 1. The Bertz CT molecular complexity index is 1070. The molecular weight excluding hydrogens is 434 g/mol. The summed E-state index contributed by atoms with van der Waals surface area (Å²) >= 11 is 0. The first-order valence-electron chi connectivity index (χ1n) is 10.4. The van der Waals surface area contributed by atoms with Gasteiger partial charge in [-0.15, -0.1) is 0 Å². The number of hydrogen-bond donors (Lipinski definition) is 0. The smallest absolute Gasteiger partial charge is 0.338 e. The summed E-state index contributed by atoms with van der Waals surface area (Å²) in [6, 6.07) is 10.3. The van der Waals surface area contributed by atoms with Crippen LogP contribution in [0.1, 0.15) is 46.9 Å². The first kappa shape index (κ1) is 23.7. The van der Waals surface area contributed by atoms with Crippen LogP contribution in [-0.4, -0.2) is 57.9 Å². The summed E-state index contributed by atoms with van der Waals surface area (Å²) in [4.78, 5) is 25.4. The second-order valence-electron chi connectivity index (χ2n) is 7.47. The van der Waals surface area contributed by atoms with Gasteiger partial charge in [0, 0.05) is 19.2 Å². The van der Waals surface area contributed by atoms with Crippen LogP contribution in [0.15, 0.2) is 47.4 Å². The van der Waals surface area contributed by atoms with Gasteiger partial charge in [0.05, 0.1) is 30.2 Å². The highest BCUT2D eigenvalue weighted by Gasteiger charge is 2.27. The predicted octanol–water partition coefficient (Wildman–Crippen LogP) is 3.31. The number of rotatable bonds is 8. The SMILES string of the molecule is COc1ccc(C(=O)[C@H](C)OC(=O)c2ccc(S(=O)(=O)N3CCCCC3)cc2)c(OC)c1. The maximum absolute atomic E-state index is 12.8. The van der Waals surface area contributed by atoms with Gasteiger partial charge in [-0.05, 0) is 56.2 Å². The van der Waals surface area contributed by atoms with Crippen LogP contribution in [-0.2, 0) is 14.8 Å². The lowest BCUT2D eigenvalue weighted by Crippen LogP contribution is -2.35. The van der Waals surface area contributed by atoms with Crippen LogP contribution in [0.3, 0.4) is 0 Å². The van der Waals surface area contributed by atoms with Crippen molar-refractivity contribution in [3.8, 4) is 11.5 Å². The number of carbonyl (C=O) groups excluding carboxylic acids is 2. The fourth-order valence-electron chi connectivity index (χ4n) is 3.52. The summed E-state index contributed by atoms with van der Waals surface area (Å²) in [6.45, 7) is 2.47. The van der Waals surface area contributed by atoms with Crippen molar-refractivity contribution < 1.29 is 32.2 Å². The highest BCUT2D eigenvalue weighted by atomic mass is 32.2. The third-order valence-corrected chi connectivity index (χ3v) is 7.28. The van der Waals surface area contributed by atoms with Crippen LogP contribution in [0.4, 0.5) is 0 Å². The Hall–Kier alpha value is -2.91. The molecule has 9 heteroatoms. The Morgan fingerprint density at radius 2 is 1.59 bits per heavy atom. The van der Waals surface area contributed by atoms with E-state index >= 15 is 0 Å². The Morgan fingerprint density at radius 1 is 0.938 bits per heavy atom. The second kappa shape index (κ2) is 10.1. The molecule has 32 heavy (non-hydrogen) atoms. The molecule has 0 bridgehead atoms. The molecule has 0 saturated carbocycles. The number of methoxy groups -OCH3 is 2. The Morgan fingerprint density at radius 3 is 2.19 bits per heavy atom. The summed E-state index contributed by atoms with van der Waals surface area (Å²) < 4.78 is 42.6. The van der Waals surface area contributed by atoms with Gasteiger partial charge in [0.1, 0.15) is 11.5 Å². The minimum atomic E-state index is -3.59. The van der Waals surface area contributed by atoms with E-state index in [1.54, 1.807) is 18.2 Å². The number of carbonyl (C=O) groups is 2. The summed E-state index contributed by atoms with van der Waals surface area (Å²) in [7, 11) is -0.652. The molecule has 1 heterocycles. The highest BCUT2D eigenvalue weighted by Crippen LogP contribution is 2.26. The second-order valence-corrected chi connectivity index (χ2v) is 9.41. The number of hydrogen-bond acceptors (Lipinski definition) is 7. The third kappa shape index (κ3) is 5.11. The molecule has 3 rings (SSSR count). The van der Waals surface area contributed by atoms with Gasteiger partial charge in [-0.2, -0.15) is 4.31 Å². The molecular formula is C23H27NO7S. The molecule has 0 unspecified atom stereocenters. The van der Waals surface area contributed by atoms with Gasteiger partial charge < -0.3 is 14.2 Å². The van der Waals surface area contributed by atoms with Crippen molar-refractivity contribution in [2.24, 2.45) is 0 Å². The van der Waals surface area contributed by atoms with Crippen molar-refractivity contribution in [3.63, 3.8) is 0 Å². The largest absolute Gasteiger partial charge is 0.497 e. The van der Waals surface area contributed by atoms with Crippen molar-refractivity contribution in [1.82, 2.24) is 4.31 Å². The fourth-order valence-corrected chi connectivity index (χ4v) is 5.04. The van der Waals surface area contributed by atoms with E-state index in [9.17, 15) is 18.0 Å². The number of piperidine rings is 1. The molecule has 0 radical (unpaired) electrons.